The maximum Gasteiger partial charge on any atom is 0.471 e. The molecule has 0 bridgehead atoms. The van der Waals surface area contributed by atoms with E-state index < -0.39 is 36.4 Å². The number of hydroxylamine groups is 2. The molecule has 1 fully saturated rings. The molecule has 1 aliphatic rings. The van der Waals surface area contributed by atoms with E-state index >= 15 is 0 Å². The Morgan fingerprint density at radius 3 is 2.17 bits per heavy atom. The van der Waals surface area contributed by atoms with E-state index in [1.54, 1.807) is 0 Å². The monoisotopic (exact) mass is 268 g/mol. The molecule has 0 radical (unpaired) electrons. The number of alkyl halides is 3. The molecule has 7 nitrogen and oxygen atoms in total. The Morgan fingerprint density at radius 1 is 1.22 bits per heavy atom. The minimum Gasteiger partial charge on any atom is -0.337 e. The number of hydrogen-bond acceptors (Lipinski definition) is 5. The smallest absolute Gasteiger partial charge is 0.337 e. The second kappa shape index (κ2) is 5.02. The van der Waals surface area contributed by atoms with Crippen LogP contribution in [0.5, 0.6) is 0 Å². The first-order valence-electron chi connectivity index (χ1n) is 4.63. The van der Waals surface area contributed by atoms with Crippen molar-refractivity contribution in [3.63, 3.8) is 0 Å². The summed E-state index contributed by atoms with van der Waals surface area (Å²) < 4.78 is 35.2. The zero-order valence-electron chi connectivity index (χ0n) is 8.74. The van der Waals surface area contributed by atoms with Gasteiger partial charge in [0, 0.05) is 12.8 Å². The lowest BCUT2D eigenvalue weighted by Gasteiger charge is -2.13. The van der Waals surface area contributed by atoms with Crippen LogP contribution in [0.1, 0.15) is 12.8 Å². The van der Waals surface area contributed by atoms with Gasteiger partial charge in [0.25, 0.3) is 11.8 Å². The van der Waals surface area contributed by atoms with Crippen molar-refractivity contribution >= 4 is 23.7 Å². The molecule has 1 heterocycles. The van der Waals surface area contributed by atoms with Gasteiger partial charge in [-0.3, -0.25) is 14.4 Å². The van der Waals surface area contributed by atoms with Crippen molar-refractivity contribution in [2.24, 2.45) is 0 Å². The Balaban J connectivity index is 2.41. The predicted octanol–water partition coefficient (Wildman–Crippen LogP) is -0.728. The number of nitrogens with zero attached hydrogens (tertiary/aromatic N) is 1. The lowest BCUT2D eigenvalue weighted by molar-refractivity contribution is -0.197. The molecule has 0 spiro atoms. The fourth-order valence-corrected chi connectivity index (χ4v) is 1.04. The highest BCUT2D eigenvalue weighted by Gasteiger charge is 2.39. The number of amides is 3. The van der Waals surface area contributed by atoms with Crippen molar-refractivity contribution in [3.05, 3.63) is 0 Å². The minimum atomic E-state index is -5.13. The van der Waals surface area contributed by atoms with Crippen LogP contribution in [-0.4, -0.2) is 41.5 Å². The summed E-state index contributed by atoms with van der Waals surface area (Å²) in [5, 5.41) is 1.41. The molecule has 18 heavy (non-hydrogen) atoms. The number of nitrogens with one attached hydrogen (secondary N) is 1. The van der Waals surface area contributed by atoms with Crippen LogP contribution in [0.2, 0.25) is 0 Å². The third-order valence-corrected chi connectivity index (χ3v) is 1.85. The Labute approximate surface area is 97.8 Å². The fraction of sp³-hybridized carbons (Fsp3) is 0.500. The molecule has 100 valence electrons. The van der Waals surface area contributed by atoms with Crippen LogP contribution in [0, 0.1) is 0 Å². The summed E-state index contributed by atoms with van der Waals surface area (Å²) in [6, 6.07) is 0. The summed E-state index contributed by atoms with van der Waals surface area (Å²) in [6.45, 7) is -1.10. The van der Waals surface area contributed by atoms with Gasteiger partial charge in [0.2, 0.25) is 0 Å². The topological polar surface area (TPSA) is 92.8 Å². The summed E-state index contributed by atoms with van der Waals surface area (Å²) in [7, 11) is 0. The first-order chi connectivity index (χ1) is 8.21. The summed E-state index contributed by atoms with van der Waals surface area (Å²) in [4.78, 5) is 47.5. The molecule has 0 atom stereocenters. The van der Waals surface area contributed by atoms with E-state index in [1.807, 2.05) is 0 Å². The van der Waals surface area contributed by atoms with Gasteiger partial charge in [-0.2, -0.15) is 13.2 Å². The van der Waals surface area contributed by atoms with Gasteiger partial charge in [-0.25, -0.2) is 4.79 Å². The summed E-state index contributed by atoms with van der Waals surface area (Å²) >= 11 is 0. The van der Waals surface area contributed by atoms with Crippen LogP contribution >= 0.6 is 0 Å². The third kappa shape index (κ3) is 3.43. The van der Waals surface area contributed by atoms with Crippen molar-refractivity contribution < 1.29 is 37.2 Å². The van der Waals surface area contributed by atoms with Gasteiger partial charge in [0.05, 0.1) is 0 Å². The van der Waals surface area contributed by atoms with E-state index in [1.165, 1.54) is 5.32 Å². The van der Waals surface area contributed by atoms with Gasteiger partial charge >= 0.3 is 18.1 Å². The van der Waals surface area contributed by atoms with Crippen LogP contribution in [-0.2, 0) is 24.0 Å². The van der Waals surface area contributed by atoms with E-state index in [4.69, 9.17) is 0 Å². The SMILES string of the molecule is O=C(CNC(=O)C(F)(F)F)ON1C(=O)CCC1=O. The Morgan fingerprint density at radius 2 is 1.72 bits per heavy atom. The molecule has 10 heteroatoms. The van der Waals surface area contributed by atoms with E-state index in [0.717, 1.165) is 0 Å². The zero-order valence-corrected chi connectivity index (χ0v) is 8.74. The number of halogens is 3. The molecule has 0 aromatic carbocycles. The number of hydrogen-bond donors (Lipinski definition) is 1. The van der Waals surface area contributed by atoms with Crippen molar-refractivity contribution in [3.8, 4) is 0 Å². The maximum atomic E-state index is 11.7. The molecule has 0 unspecified atom stereocenters. The molecule has 1 rings (SSSR count). The maximum absolute atomic E-state index is 11.7. The van der Waals surface area contributed by atoms with Crippen molar-refractivity contribution in [1.29, 1.82) is 0 Å². The molecule has 3 amide bonds. The largest absolute Gasteiger partial charge is 0.471 e. The van der Waals surface area contributed by atoms with E-state index in [0.29, 0.717) is 0 Å². The van der Waals surface area contributed by atoms with Crippen molar-refractivity contribution in [1.82, 2.24) is 10.4 Å². The van der Waals surface area contributed by atoms with Gasteiger partial charge < -0.3 is 10.2 Å². The quantitative estimate of drug-likeness (QED) is 0.681. The molecular formula is C8H7F3N2O5. The Hall–Kier alpha value is -2.13. The van der Waals surface area contributed by atoms with Crippen LogP contribution in [0.15, 0.2) is 0 Å². The molecule has 0 aromatic rings. The average Bonchev–Trinajstić information content (AvgIpc) is 2.56. The molecule has 1 N–H and O–H groups in total. The van der Waals surface area contributed by atoms with Crippen LogP contribution < -0.4 is 5.32 Å². The number of carbonyl (C=O) groups excluding carboxylic acids is 4. The van der Waals surface area contributed by atoms with Gasteiger partial charge in [0.15, 0.2) is 0 Å². The van der Waals surface area contributed by atoms with E-state index in [9.17, 15) is 32.3 Å². The van der Waals surface area contributed by atoms with Crippen LogP contribution in [0.3, 0.4) is 0 Å². The molecule has 0 saturated carbocycles. The Kier molecular flexibility index (Phi) is 3.89. The van der Waals surface area contributed by atoms with E-state index in [-0.39, 0.29) is 17.9 Å². The van der Waals surface area contributed by atoms with Crippen molar-refractivity contribution in [2.45, 2.75) is 19.0 Å². The van der Waals surface area contributed by atoms with Gasteiger partial charge in [-0.05, 0) is 0 Å². The average molecular weight is 268 g/mol. The molecule has 0 aliphatic carbocycles. The molecule has 1 saturated heterocycles. The standard InChI is InChI=1S/C8H7F3N2O5/c9-8(10,11)7(17)12-3-6(16)18-13-4(14)1-2-5(13)15/h1-3H2,(H,12,17). The lowest BCUT2D eigenvalue weighted by atomic mass is 10.4. The highest BCUT2D eigenvalue weighted by Crippen LogP contribution is 2.14. The first-order valence-corrected chi connectivity index (χ1v) is 4.63. The van der Waals surface area contributed by atoms with Gasteiger partial charge in [0.1, 0.15) is 6.54 Å². The molecular weight excluding hydrogens is 261 g/mol. The van der Waals surface area contributed by atoms with Gasteiger partial charge in [-0.15, -0.1) is 5.06 Å². The molecule has 0 aromatic heterocycles. The second-order valence-corrected chi connectivity index (χ2v) is 3.23. The summed E-state index contributed by atoms with van der Waals surface area (Å²) in [5.41, 5.74) is 0. The number of rotatable bonds is 3. The number of imide groups is 1. The van der Waals surface area contributed by atoms with Crippen LogP contribution in [0.25, 0.3) is 0 Å². The number of carbonyl (C=O) groups is 4. The summed E-state index contributed by atoms with van der Waals surface area (Å²) in [5.74, 6) is -5.21. The Bertz CT molecular complexity index is 390. The van der Waals surface area contributed by atoms with Crippen molar-refractivity contribution in [2.75, 3.05) is 6.54 Å². The highest BCUT2D eigenvalue weighted by atomic mass is 19.4. The predicted molar refractivity (Wildman–Crippen MR) is 46.2 cm³/mol. The van der Waals surface area contributed by atoms with E-state index in [2.05, 4.69) is 4.84 Å². The second-order valence-electron chi connectivity index (χ2n) is 3.23. The lowest BCUT2D eigenvalue weighted by Crippen LogP contribution is -2.42. The zero-order chi connectivity index (χ0) is 13.9. The fourth-order valence-electron chi connectivity index (χ4n) is 1.04. The summed E-state index contributed by atoms with van der Waals surface area (Å²) in [6.07, 6.45) is -5.40. The van der Waals surface area contributed by atoms with Gasteiger partial charge in [-0.1, -0.05) is 0 Å². The highest BCUT2D eigenvalue weighted by molar-refractivity contribution is 6.01. The normalized spacial score (nSPS) is 15.8. The third-order valence-electron chi connectivity index (χ3n) is 1.85. The molecule has 1 aliphatic heterocycles. The first kappa shape index (κ1) is 13.9. The van der Waals surface area contributed by atoms with Crippen LogP contribution in [0.4, 0.5) is 13.2 Å². The minimum absolute atomic E-state index is 0.138.